The first kappa shape index (κ1) is 23.0. The molecule has 0 saturated carbocycles. The summed E-state index contributed by atoms with van der Waals surface area (Å²) in [5.74, 6) is 0.390. The van der Waals surface area contributed by atoms with E-state index in [0.29, 0.717) is 11.4 Å². The normalized spacial score (nSPS) is 18.1. The van der Waals surface area contributed by atoms with Crippen LogP contribution in [0.25, 0.3) is 0 Å². The molecular weight excluding hydrogens is 433 g/mol. The van der Waals surface area contributed by atoms with Gasteiger partial charge in [0.25, 0.3) is 5.91 Å². The Morgan fingerprint density at radius 1 is 1.19 bits per heavy atom. The van der Waals surface area contributed by atoms with E-state index in [1.807, 2.05) is 0 Å². The van der Waals surface area contributed by atoms with Crippen LogP contribution in [0.3, 0.4) is 0 Å². The molecule has 0 bridgehead atoms. The van der Waals surface area contributed by atoms with Gasteiger partial charge in [0.05, 0.1) is 16.0 Å². The zero-order valence-corrected chi connectivity index (χ0v) is 18.1. The molecule has 31 heavy (non-hydrogen) atoms. The van der Waals surface area contributed by atoms with Gasteiger partial charge in [-0.15, -0.1) is 0 Å². The maximum absolute atomic E-state index is 13.0. The van der Waals surface area contributed by atoms with Crippen LogP contribution < -0.4 is 5.32 Å². The lowest BCUT2D eigenvalue weighted by molar-refractivity contribution is -0.137. The number of pyridine rings is 1. The average molecular weight is 456 g/mol. The molecule has 1 unspecified atom stereocenters. The van der Waals surface area contributed by atoms with Gasteiger partial charge in [-0.05, 0) is 49.7 Å². The van der Waals surface area contributed by atoms with E-state index in [4.69, 9.17) is 0 Å². The molecule has 1 aliphatic rings. The van der Waals surface area contributed by atoms with Crippen molar-refractivity contribution in [3.8, 4) is 0 Å². The fourth-order valence-corrected chi connectivity index (χ4v) is 4.99. The Morgan fingerprint density at radius 2 is 1.84 bits per heavy atom. The minimum atomic E-state index is -4.54. The second kappa shape index (κ2) is 8.46. The van der Waals surface area contributed by atoms with Gasteiger partial charge in [0.15, 0.2) is 0 Å². The van der Waals surface area contributed by atoms with Crippen LogP contribution in [-0.2, 0) is 16.2 Å². The Bertz CT molecular complexity index is 1070. The number of anilines is 1. The molecule has 0 aliphatic carbocycles. The molecule has 0 spiro atoms. The minimum absolute atomic E-state index is 0.0379. The van der Waals surface area contributed by atoms with E-state index in [1.54, 1.807) is 31.9 Å². The maximum atomic E-state index is 13.0. The van der Waals surface area contributed by atoms with Crippen LogP contribution in [0.4, 0.5) is 19.0 Å². The standard InChI is InChI=1S/C20H23F3N4O3S/c1-13-10-18(24-3)25-11-17(13)19(28)27-9-8-26(12-14(27)2)31(29,30)16-6-4-15(5-7-16)20(21,22)23/h4-7,10-11,14H,8-9,12H2,1-3H3,(H,24,25). The van der Waals surface area contributed by atoms with Crippen molar-refractivity contribution in [2.75, 3.05) is 32.0 Å². The lowest BCUT2D eigenvalue weighted by Gasteiger charge is -2.39. The number of hydrogen-bond acceptors (Lipinski definition) is 5. The van der Waals surface area contributed by atoms with Gasteiger partial charge in [0.2, 0.25) is 10.0 Å². The molecule has 0 radical (unpaired) electrons. The highest BCUT2D eigenvalue weighted by Crippen LogP contribution is 2.30. The Labute approximate surface area is 178 Å². The Hall–Kier alpha value is -2.66. The fraction of sp³-hybridized carbons (Fsp3) is 0.400. The molecule has 1 aromatic heterocycles. The van der Waals surface area contributed by atoms with Crippen molar-refractivity contribution < 1.29 is 26.4 Å². The highest BCUT2D eigenvalue weighted by atomic mass is 32.2. The van der Waals surface area contributed by atoms with Gasteiger partial charge in [-0.25, -0.2) is 13.4 Å². The third-order valence-electron chi connectivity index (χ3n) is 5.27. The number of alkyl halides is 3. The summed E-state index contributed by atoms with van der Waals surface area (Å²) in [6.45, 7) is 3.77. The molecule has 168 valence electrons. The number of nitrogens with one attached hydrogen (secondary N) is 1. The second-order valence-corrected chi connectivity index (χ2v) is 9.31. The first-order valence-corrected chi connectivity index (χ1v) is 11.0. The lowest BCUT2D eigenvalue weighted by atomic mass is 10.1. The van der Waals surface area contributed by atoms with E-state index < -0.39 is 27.8 Å². The van der Waals surface area contributed by atoms with Crippen LogP contribution in [-0.4, -0.2) is 61.2 Å². The van der Waals surface area contributed by atoms with Crippen LogP contribution >= 0.6 is 0 Å². The van der Waals surface area contributed by atoms with Crippen LogP contribution in [0.5, 0.6) is 0 Å². The highest BCUT2D eigenvalue weighted by Gasteiger charge is 2.36. The molecule has 7 nitrogen and oxygen atoms in total. The number of amides is 1. The zero-order chi connectivity index (χ0) is 23.0. The number of halogens is 3. The molecule has 1 saturated heterocycles. The number of nitrogens with zero attached hydrogens (tertiary/aromatic N) is 3. The van der Waals surface area contributed by atoms with Gasteiger partial charge in [0.1, 0.15) is 5.82 Å². The van der Waals surface area contributed by atoms with Gasteiger partial charge in [-0.2, -0.15) is 17.5 Å². The summed E-state index contributed by atoms with van der Waals surface area (Å²) in [5, 5.41) is 2.90. The molecule has 11 heteroatoms. The van der Waals surface area contributed by atoms with Crippen molar-refractivity contribution in [2.45, 2.75) is 31.0 Å². The van der Waals surface area contributed by atoms with Crippen molar-refractivity contribution in [1.82, 2.24) is 14.2 Å². The van der Waals surface area contributed by atoms with E-state index in [-0.39, 0.29) is 30.4 Å². The fourth-order valence-electron chi connectivity index (χ4n) is 3.48. The molecule has 2 heterocycles. The van der Waals surface area contributed by atoms with Gasteiger partial charge in [0, 0.05) is 38.9 Å². The number of carbonyl (C=O) groups is 1. The summed E-state index contributed by atoms with van der Waals surface area (Å²) in [5.41, 5.74) is 0.268. The molecule has 1 amide bonds. The molecule has 1 fully saturated rings. The van der Waals surface area contributed by atoms with Crippen LogP contribution in [0.2, 0.25) is 0 Å². The Morgan fingerprint density at radius 3 is 2.35 bits per heavy atom. The van der Waals surface area contributed by atoms with Gasteiger partial charge in [-0.1, -0.05) is 0 Å². The smallest absolute Gasteiger partial charge is 0.373 e. The number of sulfonamides is 1. The molecular formula is C20H23F3N4O3S. The van der Waals surface area contributed by atoms with E-state index >= 15 is 0 Å². The van der Waals surface area contributed by atoms with E-state index in [9.17, 15) is 26.4 Å². The summed E-state index contributed by atoms with van der Waals surface area (Å²) < 4.78 is 65.2. The van der Waals surface area contributed by atoms with Crippen molar-refractivity contribution >= 4 is 21.7 Å². The van der Waals surface area contributed by atoms with Crippen LogP contribution in [0.1, 0.15) is 28.4 Å². The molecule has 1 N–H and O–H groups in total. The average Bonchev–Trinajstić information content (AvgIpc) is 2.72. The Kier molecular flexibility index (Phi) is 6.28. The number of piperazine rings is 1. The summed E-state index contributed by atoms with van der Waals surface area (Å²) >= 11 is 0. The number of hydrogen-bond donors (Lipinski definition) is 1. The number of aryl methyl sites for hydroxylation is 1. The topological polar surface area (TPSA) is 82.6 Å². The Balaban J connectivity index is 1.75. The number of benzene rings is 1. The van der Waals surface area contributed by atoms with Crippen molar-refractivity contribution in [3.63, 3.8) is 0 Å². The second-order valence-electron chi connectivity index (χ2n) is 7.37. The maximum Gasteiger partial charge on any atom is 0.416 e. The molecule has 1 atom stereocenters. The first-order valence-electron chi connectivity index (χ1n) is 9.58. The van der Waals surface area contributed by atoms with E-state index in [0.717, 1.165) is 29.8 Å². The van der Waals surface area contributed by atoms with Gasteiger partial charge < -0.3 is 10.2 Å². The predicted molar refractivity (Wildman–Crippen MR) is 109 cm³/mol. The molecule has 3 rings (SSSR count). The van der Waals surface area contributed by atoms with Gasteiger partial charge in [-0.3, -0.25) is 4.79 Å². The van der Waals surface area contributed by atoms with Crippen molar-refractivity contribution in [3.05, 3.63) is 53.2 Å². The summed E-state index contributed by atoms with van der Waals surface area (Å²) in [7, 11) is -2.26. The SMILES string of the molecule is CNc1cc(C)c(C(=O)N2CCN(S(=O)(=O)c3ccc(C(F)(F)F)cc3)CC2C)cn1. The number of carbonyl (C=O) groups excluding carboxylic acids is 1. The van der Waals surface area contributed by atoms with Crippen molar-refractivity contribution in [2.24, 2.45) is 0 Å². The highest BCUT2D eigenvalue weighted by molar-refractivity contribution is 7.89. The lowest BCUT2D eigenvalue weighted by Crippen LogP contribution is -2.55. The van der Waals surface area contributed by atoms with Gasteiger partial charge >= 0.3 is 6.18 Å². The summed E-state index contributed by atoms with van der Waals surface area (Å²) in [6.07, 6.45) is -3.05. The first-order chi connectivity index (χ1) is 14.4. The third kappa shape index (κ3) is 4.67. The summed E-state index contributed by atoms with van der Waals surface area (Å²) in [4.78, 5) is 18.5. The molecule has 2 aromatic rings. The van der Waals surface area contributed by atoms with E-state index in [2.05, 4.69) is 10.3 Å². The number of aromatic nitrogens is 1. The monoisotopic (exact) mass is 456 g/mol. The van der Waals surface area contributed by atoms with Crippen LogP contribution in [0.15, 0.2) is 41.4 Å². The summed E-state index contributed by atoms with van der Waals surface area (Å²) in [6, 6.07) is 4.75. The number of rotatable bonds is 4. The van der Waals surface area contributed by atoms with E-state index in [1.165, 1.54) is 10.5 Å². The van der Waals surface area contributed by atoms with Crippen molar-refractivity contribution in [1.29, 1.82) is 0 Å². The minimum Gasteiger partial charge on any atom is -0.373 e. The largest absolute Gasteiger partial charge is 0.416 e. The zero-order valence-electron chi connectivity index (χ0n) is 17.3. The predicted octanol–water partition coefficient (Wildman–Crippen LogP) is 2.99. The van der Waals surface area contributed by atoms with Crippen LogP contribution in [0, 0.1) is 6.92 Å². The molecule has 1 aliphatic heterocycles. The quantitative estimate of drug-likeness (QED) is 0.765. The third-order valence-corrected chi connectivity index (χ3v) is 7.15. The molecule has 1 aromatic carbocycles.